The van der Waals surface area contributed by atoms with Crippen molar-refractivity contribution in [2.75, 3.05) is 23.7 Å². The Morgan fingerprint density at radius 2 is 2.10 bits per heavy atom. The van der Waals surface area contributed by atoms with Gasteiger partial charge in [0.15, 0.2) is 0 Å². The van der Waals surface area contributed by atoms with E-state index in [0.717, 1.165) is 18.4 Å². The summed E-state index contributed by atoms with van der Waals surface area (Å²) in [7, 11) is -3.40. The molecule has 6 heteroatoms. The summed E-state index contributed by atoms with van der Waals surface area (Å²) >= 11 is 0. The average Bonchev–Trinajstić information content (AvgIpc) is 2.92. The van der Waals surface area contributed by atoms with Crippen LogP contribution in [-0.2, 0) is 14.8 Å². The highest BCUT2D eigenvalue weighted by Crippen LogP contribution is 2.16. The molecule has 2 rings (SSSR count). The number of nitrogens with one attached hydrogen (secondary N) is 1. The normalized spacial score (nSPS) is 18.0. The number of anilines is 1. The van der Waals surface area contributed by atoms with Crippen LogP contribution >= 0.6 is 0 Å². The Kier molecular flexibility index (Phi) is 5.62. The molecule has 114 valence electrons. The number of sulfonamides is 1. The van der Waals surface area contributed by atoms with Gasteiger partial charge in [-0.15, -0.1) is 0 Å². The summed E-state index contributed by atoms with van der Waals surface area (Å²) in [6.07, 6.45) is 1.93. The van der Waals surface area contributed by atoms with Gasteiger partial charge in [0.05, 0.1) is 18.5 Å². The Bertz CT molecular complexity index is 607. The van der Waals surface area contributed by atoms with Gasteiger partial charge in [-0.2, -0.15) is 0 Å². The molecular formula is C15H19NO4S. The first-order valence-corrected chi connectivity index (χ1v) is 8.56. The highest BCUT2D eigenvalue weighted by molar-refractivity contribution is 7.92. The van der Waals surface area contributed by atoms with Gasteiger partial charge >= 0.3 is 0 Å². The second-order valence-corrected chi connectivity index (χ2v) is 6.64. The summed E-state index contributed by atoms with van der Waals surface area (Å²) < 4.78 is 31.9. The van der Waals surface area contributed by atoms with Crippen molar-refractivity contribution in [1.29, 1.82) is 0 Å². The topological polar surface area (TPSA) is 75.6 Å². The molecule has 1 aromatic carbocycles. The fraction of sp³-hybridized carbons (Fsp3) is 0.467. The number of hydrogen-bond acceptors (Lipinski definition) is 4. The van der Waals surface area contributed by atoms with Crippen molar-refractivity contribution in [3.8, 4) is 11.8 Å². The number of aliphatic hydroxyl groups is 1. The highest BCUT2D eigenvalue weighted by Gasteiger charge is 2.23. The molecule has 0 bridgehead atoms. The van der Waals surface area contributed by atoms with E-state index in [-0.39, 0.29) is 18.5 Å². The summed E-state index contributed by atoms with van der Waals surface area (Å²) in [6.45, 7) is 0.676. The smallest absolute Gasteiger partial charge is 0.235 e. The van der Waals surface area contributed by atoms with Crippen LogP contribution in [0.2, 0.25) is 0 Å². The van der Waals surface area contributed by atoms with Crippen molar-refractivity contribution in [2.24, 2.45) is 0 Å². The molecule has 2 N–H and O–H groups in total. The standard InChI is InChI=1S/C15H19NO4S/c17-10-2-1-4-13-6-8-14(9-7-13)16-21(18,19)12-15-5-3-11-20-15/h6-9,15-17H,2-3,5,10-12H2. The average molecular weight is 309 g/mol. The number of benzene rings is 1. The van der Waals surface area contributed by atoms with E-state index in [1.165, 1.54) is 0 Å². The van der Waals surface area contributed by atoms with Gasteiger partial charge < -0.3 is 9.84 Å². The van der Waals surface area contributed by atoms with Crippen molar-refractivity contribution in [2.45, 2.75) is 25.4 Å². The molecule has 0 spiro atoms. The van der Waals surface area contributed by atoms with Gasteiger partial charge in [-0.25, -0.2) is 8.42 Å². The quantitative estimate of drug-likeness (QED) is 0.805. The first-order chi connectivity index (χ1) is 10.1. The SMILES string of the molecule is O=S(=O)(CC1CCCO1)Nc1ccc(C#CCCO)cc1. The molecule has 1 unspecified atom stereocenters. The van der Waals surface area contributed by atoms with Gasteiger partial charge in [0.2, 0.25) is 10.0 Å². The summed E-state index contributed by atoms with van der Waals surface area (Å²) in [5.74, 6) is 5.69. The molecule has 0 saturated carbocycles. The van der Waals surface area contributed by atoms with E-state index in [4.69, 9.17) is 9.84 Å². The second kappa shape index (κ2) is 7.46. The van der Waals surface area contributed by atoms with Crippen LogP contribution in [0.1, 0.15) is 24.8 Å². The van der Waals surface area contributed by atoms with E-state index >= 15 is 0 Å². The van der Waals surface area contributed by atoms with Crippen LogP contribution < -0.4 is 4.72 Å². The summed E-state index contributed by atoms with van der Waals surface area (Å²) in [6, 6.07) is 6.84. The zero-order valence-corrected chi connectivity index (χ0v) is 12.5. The van der Waals surface area contributed by atoms with E-state index in [1.807, 2.05) is 0 Å². The van der Waals surface area contributed by atoms with Crippen LogP contribution in [0.3, 0.4) is 0 Å². The monoisotopic (exact) mass is 309 g/mol. The molecule has 0 aromatic heterocycles. The Morgan fingerprint density at radius 3 is 2.71 bits per heavy atom. The minimum atomic E-state index is -3.40. The van der Waals surface area contributed by atoms with E-state index in [2.05, 4.69) is 16.6 Å². The maximum atomic E-state index is 12.0. The molecule has 1 atom stereocenters. The van der Waals surface area contributed by atoms with Crippen LogP contribution in [0.15, 0.2) is 24.3 Å². The molecule has 1 saturated heterocycles. The Morgan fingerprint density at radius 1 is 1.33 bits per heavy atom. The third-order valence-corrected chi connectivity index (χ3v) is 4.41. The Hall–Kier alpha value is -1.55. The number of rotatable bonds is 5. The predicted octanol–water partition coefficient (Wildman–Crippen LogP) is 1.34. The first kappa shape index (κ1) is 15.8. The van der Waals surface area contributed by atoms with Crippen LogP contribution in [0.5, 0.6) is 0 Å². The zero-order chi connectivity index (χ0) is 15.1. The van der Waals surface area contributed by atoms with E-state index in [1.54, 1.807) is 24.3 Å². The van der Waals surface area contributed by atoms with Gasteiger partial charge in [-0.3, -0.25) is 4.72 Å². The summed E-state index contributed by atoms with van der Waals surface area (Å²) in [5.41, 5.74) is 1.30. The van der Waals surface area contributed by atoms with Crippen LogP contribution in [-0.4, -0.2) is 38.6 Å². The predicted molar refractivity (Wildman–Crippen MR) is 81.4 cm³/mol. The van der Waals surface area contributed by atoms with E-state index in [0.29, 0.717) is 18.7 Å². The van der Waals surface area contributed by atoms with Crippen molar-refractivity contribution in [3.05, 3.63) is 29.8 Å². The maximum Gasteiger partial charge on any atom is 0.235 e. The van der Waals surface area contributed by atoms with E-state index in [9.17, 15) is 8.42 Å². The van der Waals surface area contributed by atoms with E-state index < -0.39 is 10.0 Å². The van der Waals surface area contributed by atoms with Crippen LogP contribution in [0, 0.1) is 11.8 Å². The van der Waals surface area contributed by atoms with Crippen molar-refractivity contribution in [3.63, 3.8) is 0 Å². The molecule has 1 fully saturated rings. The van der Waals surface area contributed by atoms with Crippen molar-refractivity contribution < 1.29 is 18.3 Å². The molecule has 0 aliphatic carbocycles. The van der Waals surface area contributed by atoms with Crippen molar-refractivity contribution in [1.82, 2.24) is 0 Å². The molecule has 0 radical (unpaired) electrons. The number of aliphatic hydroxyl groups excluding tert-OH is 1. The second-order valence-electron chi connectivity index (χ2n) is 4.87. The minimum absolute atomic E-state index is 0.00887. The lowest BCUT2D eigenvalue weighted by Crippen LogP contribution is -2.25. The van der Waals surface area contributed by atoms with Gasteiger partial charge in [0.25, 0.3) is 0 Å². The molecule has 5 nitrogen and oxygen atoms in total. The lowest BCUT2D eigenvalue weighted by atomic mass is 10.2. The Labute approximate surface area is 125 Å². The zero-order valence-electron chi connectivity index (χ0n) is 11.7. The molecule has 1 heterocycles. The fourth-order valence-corrected chi connectivity index (χ4v) is 3.41. The largest absolute Gasteiger partial charge is 0.395 e. The minimum Gasteiger partial charge on any atom is -0.395 e. The number of ether oxygens (including phenoxy) is 1. The third-order valence-electron chi connectivity index (χ3n) is 3.06. The fourth-order valence-electron chi connectivity index (χ4n) is 2.08. The van der Waals surface area contributed by atoms with Gasteiger partial charge in [0, 0.05) is 24.3 Å². The first-order valence-electron chi connectivity index (χ1n) is 6.91. The summed E-state index contributed by atoms with van der Waals surface area (Å²) in [4.78, 5) is 0. The maximum absolute atomic E-state index is 12.0. The van der Waals surface area contributed by atoms with Gasteiger partial charge in [0.1, 0.15) is 0 Å². The molecule has 21 heavy (non-hydrogen) atoms. The molecule has 1 aliphatic heterocycles. The Balaban J connectivity index is 1.94. The lowest BCUT2D eigenvalue weighted by Gasteiger charge is -2.12. The van der Waals surface area contributed by atoms with Crippen LogP contribution in [0.25, 0.3) is 0 Å². The van der Waals surface area contributed by atoms with Gasteiger partial charge in [-0.05, 0) is 37.1 Å². The molecule has 0 amide bonds. The summed E-state index contributed by atoms with van der Waals surface area (Å²) in [5, 5.41) is 8.64. The molecule has 1 aliphatic rings. The third kappa shape index (κ3) is 5.38. The molecule has 1 aromatic rings. The lowest BCUT2D eigenvalue weighted by molar-refractivity contribution is 0.127. The van der Waals surface area contributed by atoms with Crippen molar-refractivity contribution >= 4 is 15.7 Å². The molecular weight excluding hydrogens is 290 g/mol. The highest BCUT2D eigenvalue weighted by atomic mass is 32.2. The van der Waals surface area contributed by atoms with Crippen LogP contribution in [0.4, 0.5) is 5.69 Å². The van der Waals surface area contributed by atoms with Gasteiger partial charge in [-0.1, -0.05) is 11.8 Å². The number of hydrogen-bond donors (Lipinski definition) is 2.